The number of hydrogen-bond donors (Lipinski definition) is 0. The fourth-order valence-electron chi connectivity index (χ4n) is 2.13. The molecule has 0 aliphatic carbocycles. The average molecular weight is 315 g/mol. The minimum Gasteiger partial charge on any atom is -0.298 e. The lowest BCUT2D eigenvalue weighted by Crippen LogP contribution is -2.13. The Morgan fingerprint density at radius 1 is 1.27 bits per heavy atom. The SMILES string of the molecule is C=C/C(=C\C(C=O)=C/C)S(=O)(=O)n1ccc2ccc(C)cc21. The molecule has 0 radical (unpaired) electrons. The van der Waals surface area contributed by atoms with Crippen LogP contribution in [0.4, 0.5) is 0 Å². The number of aldehydes is 1. The average Bonchev–Trinajstić information content (AvgIpc) is 2.92. The molecule has 22 heavy (non-hydrogen) atoms. The van der Waals surface area contributed by atoms with E-state index in [0.29, 0.717) is 11.8 Å². The van der Waals surface area contributed by atoms with Crippen molar-refractivity contribution in [3.63, 3.8) is 0 Å². The van der Waals surface area contributed by atoms with E-state index in [0.717, 1.165) is 10.9 Å². The van der Waals surface area contributed by atoms with Gasteiger partial charge in [0.15, 0.2) is 0 Å². The van der Waals surface area contributed by atoms with E-state index in [2.05, 4.69) is 6.58 Å². The number of benzene rings is 1. The summed E-state index contributed by atoms with van der Waals surface area (Å²) in [4.78, 5) is 10.9. The van der Waals surface area contributed by atoms with Gasteiger partial charge < -0.3 is 0 Å². The van der Waals surface area contributed by atoms with Crippen LogP contribution in [0.2, 0.25) is 0 Å². The number of aryl methyl sites for hydroxylation is 1. The predicted molar refractivity (Wildman–Crippen MR) is 89.1 cm³/mol. The van der Waals surface area contributed by atoms with Crippen LogP contribution in [-0.2, 0) is 14.8 Å². The lowest BCUT2D eigenvalue weighted by Gasteiger charge is -2.09. The van der Waals surface area contributed by atoms with Crippen LogP contribution in [0.25, 0.3) is 10.9 Å². The van der Waals surface area contributed by atoms with E-state index in [9.17, 15) is 13.2 Å². The zero-order chi connectivity index (χ0) is 16.3. The van der Waals surface area contributed by atoms with Gasteiger partial charge in [-0.25, -0.2) is 12.4 Å². The third kappa shape index (κ3) is 2.80. The summed E-state index contributed by atoms with van der Waals surface area (Å²) in [6.45, 7) is 7.12. The van der Waals surface area contributed by atoms with Gasteiger partial charge in [0, 0.05) is 17.2 Å². The van der Waals surface area contributed by atoms with Crippen molar-refractivity contribution < 1.29 is 13.2 Å². The van der Waals surface area contributed by atoms with Crippen LogP contribution in [-0.4, -0.2) is 18.7 Å². The lowest BCUT2D eigenvalue weighted by molar-refractivity contribution is -0.104. The van der Waals surface area contributed by atoms with Crippen molar-refractivity contribution in [3.05, 3.63) is 71.3 Å². The fourth-order valence-corrected chi connectivity index (χ4v) is 3.49. The number of carbonyl (C=O) groups is 1. The van der Waals surface area contributed by atoms with Crippen LogP contribution in [0.1, 0.15) is 12.5 Å². The van der Waals surface area contributed by atoms with Crippen molar-refractivity contribution in [2.45, 2.75) is 13.8 Å². The smallest absolute Gasteiger partial charge is 0.268 e. The quantitative estimate of drug-likeness (QED) is 0.483. The number of aromatic nitrogens is 1. The molecule has 0 amide bonds. The Morgan fingerprint density at radius 3 is 2.59 bits per heavy atom. The van der Waals surface area contributed by atoms with Gasteiger partial charge in [-0.2, -0.15) is 0 Å². The van der Waals surface area contributed by atoms with Crippen molar-refractivity contribution in [2.75, 3.05) is 0 Å². The molecule has 0 aliphatic rings. The molecule has 0 unspecified atom stereocenters. The summed E-state index contributed by atoms with van der Waals surface area (Å²) in [7, 11) is -3.81. The van der Waals surface area contributed by atoms with Crippen LogP contribution in [0.5, 0.6) is 0 Å². The molecule has 1 aromatic carbocycles. The molecule has 114 valence electrons. The van der Waals surface area contributed by atoms with E-state index in [-0.39, 0.29) is 10.5 Å². The van der Waals surface area contributed by atoms with E-state index in [1.165, 1.54) is 22.3 Å². The van der Waals surface area contributed by atoms with E-state index in [1.807, 2.05) is 25.1 Å². The summed E-state index contributed by atoms with van der Waals surface area (Å²) in [5.41, 5.74) is 1.85. The van der Waals surface area contributed by atoms with Crippen LogP contribution in [0, 0.1) is 6.92 Å². The van der Waals surface area contributed by atoms with E-state index < -0.39 is 10.0 Å². The second-order valence-electron chi connectivity index (χ2n) is 4.84. The zero-order valence-corrected chi connectivity index (χ0v) is 13.3. The highest BCUT2D eigenvalue weighted by Gasteiger charge is 2.19. The van der Waals surface area contributed by atoms with Crippen LogP contribution < -0.4 is 0 Å². The van der Waals surface area contributed by atoms with Gasteiger partial charge >= 0.3 is 0 Å². The molecule has 2 aromatic rings. The van der Waals surface area contributed by atoms with Gasteiger partial charge in [-0.3, -0.25) is 4.79 Å². The second kappa shape index (κ2) is 6.15. The molecule has 0 saturated heterocycles. The standard InChI is InChI=1S/C17H17NO3S/c1-4-14(12-19)11-16(5-2)22(20,21)18-9-8-15-7-6-13(3)10-17(15)18/h4-12H,2H2,1,3H3/b14-4+,16-11+. The van der Waals surface area contributed by atoms with E-state index >= 15 is 0 Å². The highest BCUT2D eigenvalue weighted by molar-refractivity contribution is 7.94. The van der Waals surface area contributed by atoms with Gasteiger partial charge in [0.1, 0.15) is 6.29 Å². The van der Waals surface area contributed by atoms with Gasteiger partial charge in [0.25, 0.3) is 10.0 Å². The maximum absolute atomic E-state index is 12.8. The molecular formula is C17H17NO3S. The molecule has 1 heterocycles. The van der Waals surface area contributed by atoms with Gasteiger partial charge in [-0.15, -0.1) is 0 Å². The molecule has 0 spiro atoms. The van der Waals surface area contributed by atoms with Gasteiger partial charge in [-0.05, 0) is 43.7 Å². The first-order valence-electron chi connectivity index (χ1n) is 6.73. The maximum Gasteiger partial charge on any atom is 0.268 e. The van der Waals surface area contributed by atoms with Crippen LogP contribution in [0.15, 0.2) is 65.7 Å². The summed E-state index contributed by atoms with van der Waals surface area (Å²) in [5, 5.41) is 0.833. The Bertz CT molecular complexity index is 899. The number of allylic oxidation sites excluding steroid dienone is 4. The monoisotopic (exact) mass is 315 g/mol. The zero-order valence-electron chi connectivity index (χ0n) is 12.5. The minimum absolute atomic E-state index is 0.0216. The third-order valence-corrected chi connectivity index (χ3v) is 5.07. The first kappa shape index (κ1) is 16.0. The second-order valence-corrected chi connectivity index (χ2v) is 6.65. The van der Waals surface area contributed by atoms with E-state index in [4.69, 9.17) is 0 Å². The van der Waals surface area contributed by atoms with Crippen molar-refractivity contribution in [1.29, 1.82) is 0 Å². The summed E-state index contributed by atoms with van der Waals surface area (Å²) >= 11 is 0. The number of carbonyl (C=O) groups excluding carboxylic acids is 1. The van der Waals surface area contributed by atoms with Gasteiger partial charge in [-0.1, -0.05) is 24.8 Å². The molecule has 5 heteroatoms. The number of nitrogens with zero attached hydrogens (tertiary/aromatic N) is 1. The molecule has 0 atom stereocenters. The Morgan fingerprint density at radius 2 is 2.00 bits per heavy atom. The Balaban J connectivity index is 2.68. The first-order valence-corrected chi connectivity index (χ1v) is 8.17. The summed E-state index contributed by atoms with van der Waals surface area (Å²) in [5.74, 6) is 0. The minimum atomic E-state index is -3.81. The first-order chi connectivity index (χ1) is 10.4. The predicted octanol–water partition coefficient (Wildman–Crippen LogP) is 3.34. The molecule has 0 saturated carbocycles. The fraction of sp³-hybridized carbons (Fsp3) is 0.118. The summed E-state index contributed by atoms with van der Waals surface area (Å²) < 4.78 is 26.8. The highest BCUT2D eigenvalue weighted by atomic mass is 32.2. The normalized spacial score (nSPS) is 13.4. The Hall–Kier alpha value is -2.40. The molecule has 0 aliphatic heterocycles. The molecule has 0 N–H and O–H groups in total. The Kier molecular flexibility index (Phi) is 4.47. The van der Waals surface area contributed by atoms with Gasteiger partial charge in [0.2, 0.25) is 0 Å². The van der Waals surface area contributed by atoms with Crippen molar-refractivity contribution in [2.24, 2.45) is 0 Å². The molecule has 1 aromatic heterocycles. The van der Waals surface area contributed by atoms with Gasteiger partial charge in [0.05, 0.1) is 10.4 Å². The summed E-state index contributed by atoms with van der Waals surface area (Å²) in [6, 6.07) is 7.35. The third-order valence-electron chi connectivity index (χ3n) is 3.35. The highest BCUT2D eigenvalue weighted by Crippen LogP contribution is 2.23. The molecule has 0 bridgehead atoms. The topological polar surface area (TPSA) is 56.1 Å². The lowest BCUT2D eigenvalue weighted by atomic mass is 10.2. The van der Waals surface area contributed by atoms with Crippen molar-refractivity contribution in [3.8, 4) is 0 Å². The molecule has 4 nitrogen and oxygen atoms in total. The molecule has 2 rings (SSSR count). The number of hydrogen-bond acceptors (Lipinski definition) is 3. The van der Waals surface area contributed by atoms with Crippen LogP contribution >= 0.6 is 0 Å². The van der Waals surface area contributed by atoms with Crippen LogP contribution in [0.3, 0.4) is 0 Å². The van der Waals surface area contributed by atoms with Crippen molar-refractivity contribution in [1.82, 2.24) is 3.97 Å². The Labute approximate surface area is 130 Å². The summed E-state index contributed by atoms with van der Waals surface area (Å²) in [6.07, 6.45) is 6.22. The van der Waals surface area contributed by atoms with Crippen molar-refractivity contribution >= 4 is 27.2 Å². The van der Waals surface area contributed by atoms with E-state index in [1.54, 1.807) is 19.1 Å². The number of rotatable bonds is 5. The number of fused-ring (bicyclic) bond motifs is 1. The maximum atomic E-state index is 12.8. The largest absolute Gasteiger partial charge is 0.298 e. The molecular weight excluding hydrogens is 298 g/mol. The molecule has 0 fully saturated rings.